The highest BCUT2D eigenvalue weighted by atomic mass is 16.3. The average Bonchev–Trinajstić information content (AvgIpc) is 3.07. The van der Waals surface area contributed by atoms with Crippen LogP contribution in [0.4, 0.5) is 0 Å². The van der Waals surface area contributed by atoms with Crippen molar-refractivity contribution in [1.29, 1.82) is 0 Å². The second-order valence-corrected chi connectivity index (χ2v) is 5.18. The van der Waals surface area contributed by atoms with Gasteiger partial charge in [0.2, 0.25) is 0 Å². The second kappa shape index (κ2) is 5.13. The Bertz CT molecular complexity index is 632. The molecule has 1 atom stereocenters. The Balaban J connectivity index is 1.86. The number of aliphatic hydroxyl groups is 1. The average molecular weight is 271 g/mol. The van der Waals surface area contributed by atoms with Gasteiger partial charge in [-0.25, -0.2) is 0 Å². The smallest absolute Gasteiger partial charge is 0.253 e. The maximum Gasteiger partial charge on any atom is 0.253 e. The lowest BCUT2D eigenvalue weighted by Crippen LogP contribution is -2.29. The lowest BCUT2D eigenvalue weighted by molar-refractivity contribution is 0.0765. The third kappa shape index (κ3) is 2.47. The summed E-state index contributed by atoms with van der Waals surface area (Å²) in [5.74, 6) is 1.57. The zero-order valence-corrected chi connectivity index (χ0v) is 11.4. The number of benzene rings is 1. The Kier molecular flexibility index (Phi) is 3.32. The van der Waals surface area contributed by atoms with Gasteiger partial charge in [-0.1, -0.05) is 12.1 Å². The summed E-state index contributed by atoms with van der Waals surface area (Å²) in [4.78, 5) is 14.1. The van der Waals surface area contributed by atoms with Crippen LogP contribution in [0.3, 0.4) is 0 Å². The second-order valence-electron chi connectivity index (χ2n) is 5.18. The van der Waals surface area contributed by atoms with Crippen molar-refractivity contribution in [3.05, 3.63) is 47.7 Å². The van der Waals surface area contributed by atoms with Crippen LogP contribution in [-0.2, 0) is 0 Å². The van der Waals surface area contributed by atoms with Crippen molar-refractivity contribution < 1.29 is 14.3 Å². The van der Waals surface area contributed by atoms with E-state index in [1.54, 1.807) is 11.0 Å². The summed E-state index contributed by atoms with van der Waals surface area (Å²) in [6.45, 7) is 2.93. The number of likely N-dealkylation sites (tertiary alicyclic amines) is 1. The third-order valence-electron chi connectivity index (χ3n) is 3.58. The lowest BCUT2D eigenvalue weighted by Gasteiger charge is -2.15. The van der Waals surface area contributed by atoms with Crippen molar-refractivity contribution in [3.8, 4) is 11.3 Å². The minimum absolute atomic E-state index is 0.0355. The maximum atomic E-state index is 12.4. The highest BCUT2D eigenvalue weighted by Gasteiger charge is 2.25. The van der Waals surface area contributed by atoms with Gasteiger partial charge >= 0.3 is 0 Å². The first-order valence-corrected chi connectivity index (χ1v) is 6.78. The van der Waals surface area contributed by atoms with E-state index in [-0.39, 0.29) is 5.91 Å². The van der Waals surface area contributed by atoms with E-state index in [2.05, 4.69) is 0 Å². The lowest BCUT2D eigenvalue weighted by atomic mass is 10.1. The molecule has 1 fully saturated rings. The molecule has 2 heterocycles. The minimum Gasteiger partial charge on any atom is -0.461 e. The van der Waals surface area contributed by atoms with Crippen molar-refractivity contribution in [1.82, 2.24) is 4.90 Å². The molecule has 0 radical (unpaired) electrons. The Labute approximate surface area is 117 Å². The molecule has 1 saturated heterocycles. The van der Waals surface area contributed by atoms with Crippen LogP contribution in [0.2, 0.25) is 0 Å². The molecule has 0 aliphatic carbocycles. The Morgan fingerprint density at radius 2 is 2.20 bits per heavy atom. The molecular formula is C16H17NO3. The molecule has 0 bridgehead atoms. The van der Waals surface area contributed by atoms with E-state index in [0.29, 0.717) is 25.1 Å². The quantitative estimate of drug-likeness (QED) is 0.913. The fourth-order valence-corrected chi connectivity index (χ4v) is 2.50. The highest BCUT2D eigenvalue weighted by molar-refractivity contribution is 5.95. The van der Waals surface area contributed by atoms with Crippen molar-refractivity contribution in [3.63, 3.8) is 0 Å². The molecule has 1 unspecified atom stereocenters. The van der Waals surface area contributed by atoms with E-state index in [1.165, 1.54) is 0 Å². The fraction of sp³-hybridized carbons (Fsp3) is 0.312. The molecule has 4 heteroatoms. The van der Waals surface area contributed by atoms with Gasteiger partial charge in [0.15, 0.2) is 0 Å². The Morgan fingerprint density at radius 3 is 2.85 bits per heavy atom. The predicted molar refractivity (Wildman–Crippen MR) is 75.4 cm³/mol. The molecule has 0 saturated carbocycles. The van der Waals surface area contributed by atoms with Crippen LogP contribution >= 0.6 is 0 Å². The summed E-state index contributed by atoms with van der Waals surface area (Å²) < 4.78 is 5.58. The van der Waals surface area contributed by atoms with E-state index in [4.69, 9.17) is 4.42 Å². The molecule has 0 spiro atoms. The number of aryl methyl sites for hydroxylation is 1. The SMILES string of the molecule is Cc1ccc(-c2cccc(C(=O)N3CCC(O)C3)c2)o1. The number of aliphatic hydroxyl groups excluding tert-OH is 1. The third-order valence-corrected chi connectivity index (χ3v) is 3.58. The number of nitrogens with zero attached hydrogens (tertiary/aromatic N) is 1. The molecule has 2 aromatic rings. The fourth-order valence-electron chi connectivity index (χ4n) is 2.50. The van der Waals surface area contributed by atoms with Crippen LogP contribution in [0.1, 0.15) is 22.5 Å². The van der Waals surface area contributed by atoms with E-state index in [9.17, 15) is 9.90 Å². The number of hydrogen-bond acceptors (Lipinski definition) is 3. The molecule has 104 valence electrons. The van der Waals surface area contributed by atoms with Gasteiger partial charge in [0, 0.05) is 24.2 Å². The van der Waals surface area contributed by atoms with Gasteiger partial charge < -0.3 is 14.4 Å². The zero-order chi connectivity index (χ0) is 14.1. The molecule has 1 aliphatic rings. The topological polar surface area (TPSA) is 53.7 Å². The van der Waals surface area contributed by atoms with Gasteiger partial charge in [-0.15, -0.1) is 0 Å². The number of carbonyl (C=O) groups excluding carboxylic acids is 1. The van der Waals surface area contributed by atoms with Gasteiger partial charge in [0.05, 0.1) is 6.10 Å². The summed E-state index contributed by atoms with van der Waals surface area (Å²) in [5, 5.41) is 9.52. The standard InChI is InChI=1S/C16H17NO3/c1-11-5-6-15(20-11)12-3-2-4-13(9-12)16(19)17-8-7-14(18)10-17/h2-6,9,14,18H,7-8,10H2,1H3. The molecule has 1 amide bonds. The van der Waals surface area contributed by atoms with Gasteiger partial charge in [-0.3, -0.25) is 4.79 Å². The largest absolute Gasteiger partial charge is 0.461 e. The summed E-state index contributed by atoms with van der Waals surface area (Å²) in [6.07, 6.45) is 0.262. The van der Waals surface area contributed by atoms with Gasteiger partial charge in [-0.05, 0) is 37.6 Å². The molecule has 1 aromatic carbocycles. The van der Waals surface area contributed by atoms with Crippen molar-refractivity contribution >= 4 is 5.91 Å². The van der Waals surface area contributed by atoms with Gasteiger partial charge in [0.25, 0.3) is 5.91 Å². The Hall–Kier alpha value is -2.07. The van der Waals surface area contributed by atoms with Crippen LogP contribution in [0.15, 0.2) is 40.8 Å². The zero-order valence-electron chi connectivity index (χ0n) is 11.4. The molecule has 1 aromatic heterocycles. The van der Waals surface area contributed by atoms with Crippen molar-refractivity contribution in [2.75, 3.05) is 13.1 Å². The Morgan fingerprint density at radius 1 is 1.35 bits per heavy atom. The van der Waals surface area contributed by atoms with Crippen LogP contribution in [0.25, 0.3) is 11.3 Å². The van der Waals surface area contributed by atoms with Crippen LogP contribution in [0, 0.1) is 6.92 Å². The van der Waals surface area contributed by atoms with E-state index in [1.807, 2.05) is 37.3 Å². The number of amides is 1. The van der Waals surface area contributed by atoms with E-state index >= 15 is 0 Å². The number of β-amino-alcohol motifs (C(OH)–C–C–N with tert-alkyl or cyclic N) is 1. The molecular weight excluding hydrogens is 254 g/mol. The first-order chi connectivity index (χ1) is 9.63. The minimum atomic E-state index is -0.394. The summed E-state index contributed by atoms with van der Waals surface area (Å²) in [5.41, 5.74) is 1.52. The normalized spacial score (nSPS) is 18.5. The molecule has 1 aliphatic heterocycles. The van der Waals surface area contributed by atoms with Crippen LogP contribution in [-0.4, -0.2) is 35.1 Å². The van der Waals surface area contributed by atoms with Crippen molar-refractivity contribution in [2.45, 2.75) is 19.4 Å². The molecule has 1 N–H and O–H groups in total. The molecule has 3 rings (SSSR count). The van der Waals surface area contributed by atoms with Crippen molar-refractivity contribution in [2.24, 2.45) is 0 Å². The summed E-state index contributed by atoms with van der Waals surface area (Å²) >= 11 is 0. The first-order valence-electron chi connectivity index (χ1n) is 6.78. The van der Waals surface area contributed by atoms with E-state index in [0.717, 1.165) is 17.1 Å². The van der Waals surface area contributed by atoms with Crippen LogP contribution in [0.5, 0.6) is 0 Å². The molecule has 20 heavy (non-hydrogen) atoms. The van der Waals surface area contributed by atoms with Gasteiger partial charge in [-0.2, -0.15) is 0 Å². The number of rotatable bonds is 2. The number of hydrogen-bond donors (Lipinski definition) is 1. The molecule has 4 nitrogen and oxygen atoms in total. The maximum absolute atomic E-state index is 12.4. The predicted octanol–water partition coefficient (Wildman–Crippen LogP) is 2.46. The monoisotopic (exact) mass is 271 g/mol. The summed E-state index contributed by atoms with van der Waals surface area (Å²) in [6, 6.07) is 11.2. The number of furan rings is 1. The van der Waals surface area contributed by atoms with Crippen LogP contribution < -0.4 is 0 Å². The van der Waals surface area contributed by atoms with Gasteiger partial charge in [0.1, 0.15) is 11.5 Å². The number of carbonyl (C=O) groups is 1. The highest BCUT2D eigenvalue weighted by Crippen LogP contribution is 2.24. The first kappa shape index (κ1) is 12.9. The van der Waals surface area contributed by atoms with E-state index < -0.39 is 6.10 Å². The summed E-state index contributed by atoms with van der Waals surface area (Å²) in [7, 11) is 0.